The zero-order valence-electron chi connectivity index (χ0n) is 15.6. The molecule has 29 heavy (non-hydrogen) atoms. The Morgan fingerprint density at radius 2 is 1.79 bits per heavy atom. The van der Waals surface area contributed by atoms with Crippen molar-refractivity contribution in [3.8, 4) is 0 Å². The number of nitrogens with one attached hydrogen (secondary N) is 2. The first-order valence-corrected chi connectivity index (χ1v) is 10.4. The molecule has 0 spiro atoms. The van der Waals surface area contributed by atoms with Gasteiger partial charge in [-0.05, 0) is 30.9 Å². The van der Waals surface area contributed by atoms with Crippen molar-refractivity contribution in [1.29, 1.82) is 0 Å². The average molecular weight is 550 g/mol. The van der Waals surface area contributed by atoms with Gasteiger partial charge >= 0.3 is 15.5 Å². The highest BCUT2D eigenvalue weighted by Gasteiger charge is 2.50. The Morgan fingerprint density at radius 3 is 2.34 bits per heavy atom. The number of sulfonamides is 1. The van der Waals surface area contributed by atoms with Crippen molar-refractivity contribution in [3.05, 3.63) is 35.6 Å². The minimum Gasteiger partial charge on any atom is -0.354 e. The number of aliphatic imine (C=N–C) groups is 1. The van der Waals surface area contributed by atoms with Crippen molar-refractivity contribution >= 4 is 40.0 Å². The molecule has 6 nitrogen and oxygen atoms in total. The van der Waals surface area contributed by atoms with Gasteiger partial charge in [0.2, 0.25) is 0 Å². The summed E-state index contributed by atoms with van der Waals surface area (Å²) in [6.45, 7) is -0.421. The van der Waals surface area contributed by atoms with E-state index in [1.165, 1.54) is 6.07 Å². The van der Waals surface area contributed by atoms with Gasteiger partial charge in [0.05, 0.1) is 0 Å². The van der Waals surface area contributed by atoms with Gasteiger partial charge in [-0.25, -0.2) is 12.8 Å². The Balaban J connectivity index is 0.00000300. The molecule has 1 aromatic carbocycles. The number of rotatable bonds is 4. The fourth-order valence-electron chi connectivity index (χ4n) is 3.40. The number of benzene rings is 1. The van der Waals surface area contributed by atoms with Crippen LogP contribution in [0.25, 0.3) is 0 Å². The lowest BCUT2D eigenvalue weighted by molar-refractivity contribution is -0.0494. The summed E-state index contributed by atoms with van der Waals surface area (Å²) in [6, 6.07) is 6.40. The minimum absolute atomic E-state index is 0. The lowest BCUT2D eigenvalue weighted by Crippen LogP contribution is -2.52. The zero-order valence-corrected chi connectivity index (χ0v) is 18.8. The molecule has 2 atom stereocenters. The van der Waals surface area contributed by atoms with E-state index in [-0.39, 0.29) is 73.7 Å². The summed E-state index contributed by atoms with van der Waals surface area (Å²) in [5.41, 5.74) is -4.64. The largest absolute Gasteiger partial charge is 0.511 e. The number of halogens is 5. The van der Waals surface area contributed by atoms with Gasteiger partial charge < -0.3 is 10.6 Å². The molecule has 0 bridgehead atoms. The third kappa shape index (κ3) is 5.51. The molecule has 2 N–H and O–H groups in total. The number of guanidine groups is 1. The minimum atomic E-state index is -5.28. The average Bonchev–Trinajstić information content (AvgIpc) is 3.40. The van der Waals surface area contributed by atoms with E-state index in [9.17, 15) is 26.0 Å². The van der Waals surface area contributed by atoms with Crippen LogP contribution < -0.4 is 10.6 Å². The van der Waals surface area contributed by atoms with Crippen molar-refractivity contribution in [1.82, 2.24) is 14.9 Å². The highest BCUT2D eigenvalue weighted by Crippen LogP contribution is 2.41. The molecule has 1 aromatic rings. The van der Waals surface area contributed by atoms with Crippen molar-refractivity contribution in [2.75, 3.05) is 20.1 Å². The topological polar surface area (TPSA) is 73.8 Å². The smallest absolute Gasteiger partial charge is 0.354 e. The van der Waals surface area contributed by atoms with Gasteiger partial charge in [0, 0.05) is 38.1 Å². The second kappa shape index (κ2) is 9.33. The summed E-state index contributed by atoms with van der Waals surface area (Å²) in [5.74, 6) is 0.262. The lowest BCUT2D eigenvalue weighted by atomic mass is 10.1. The molecule has 164 valence electrons. The second-order valence-corrected chi connectivity index (χ2v) is 8.88. The van der Waals surface area contributed by atoms with E-state index < -0.39 is 15.5 Å². The first-order valence-electron chi connectivity index (χ1n) is 8.94. The van der Waals surface area contributed by atoms with E-state index in [0.29, 0.717) is 15.8 Å². The number of hydrogen-bond acceptors (Lipinski definition) is 3. The van der Waals surface area contributed by atoms with Gasteiger partial charge in [-0.3, -0.25) is 4.99 Å². The lowest BCUT2D eigenvalue weighted by Gasteiger charge is -2.32. The van der Waals surface area contributed by atoms with Crippen molar-refractivity contribution < 1.29 is 26.0 Å². The van der Waals surface area contributed by atoms with Gasteiger partial charge in [-0.15, -0.1) is 24.0 Å². The van der Waals surface area contributed by atoms with Gasteiger partial charge in [0.25, 0.3) is 0 Å². The van der Waals surface area contributed by atoms with Crippen LogP contribution in [0.15, 0.2) is 29.3 Å². The van der Waals surface area contributed by atoms with Crippen LogP contribution in [0, 0.1) is 5.82 Å². The first-order chi connectivity index (χ1) is 13.1. The first kappa shape index (κ1) is 24.1. The molecule has 1 heterocycles. The molecule has 1 aliphatic heterocycles. The fourth-order valence-corrected chi connectivity index (χ4v) is 4.38. The van der Waals surface area contributed by atoms with Crippen LogP contribution in [0.4, 0.5) is 17.6 Å². The second-order valence-electron chi connectivity index (χ2n) is 6.96. The maximum Gasteiger partial charge on any atom is 0.511 e. The molecule has 0 amide bonds. The van der Waals surface area contributed by atoms with Crippen LogP contribution in [-0.2, 0) is 10.0 Å². The predicted molar refractivity (Wildman–Crippen MR) is 112 cm³/mol. The van der Waals surface area contributed by atoms with E-state index in [4.69, 9.17) is 0 Å². The van der Waals surface area contributed by atoms with Gasteiger partial charge in [0.15, 0.2) is 5.96 Å². The molecule has 2 aliphatic rings. The molecule has 12 heteroatoms. The monoisotopic (exact) mass is 550 g/mol. The standard InChI is InChI=1S/C17H22F4N4O2S.HI/c1-22-16(24-15-10-13(15)12-4-2-3-5-14(12)18)23-11-6-8-25(9-7-11)28(26,27)17(19,20)21;/h2-5,11,13,15H,6-10H2,1H3,(H2,22,23,24);1H. The Labute approximate surface area is 184 Å². The summed E-state index contributed by atoms with van der Waals surface area (Å²) in [6.07, 6.45) is 1.22. The molecule has 2 unspecified atom stereocenters. The maximum atomic E-state index is 13.9. The highest BCUT2D eigenvalue weighted by atomic mass is 127. The molecule has 2 fully saturated rings. The van der Waals surface area contributed by atoms with Gasteiger partial charge in [0.1, 0.15) is 5.82 Å². The number of hydrogen-bond donors (Lipinski definition) is 2. The van der Waals surface area contributed by atoms with E-state index in [1.807, 2.05) is 0 Å². The molecular weight excluding hydrogens is 527 g/mol. The van der Waals surface area contributed by atoms with Crippen molar-refractivity contribution in [2.24, 2.45) is 4.99 Å². The molecule has 3 rings (SSSR count). The Bertz CT molecular complexity index is 842. The molecule has 0 radical (unpaired) electrons. The van der Waals surface area contributed by atoms with E-state index in [0.717, 1.165) is 6.42 Å². The van der Waals surface area contributed by atoms with Crippen molar-refractivity contribution in [3.63, 3.8) is 0 Å². The van der Waals surface area contributed by atoms with Gasteiger partial charge in [-0.1, -0.05) is 18.2 Å². The predicted octanol–water partition coefficient (Wildman–Crippen LogP) is 2.78. The maximum absolute atomic E-state index is 13.9. The number of alkyl halides is 3. The molecule has 0 aromatic heterocycles. The highest BCUT2D eigenvalue weighted by molar-refractivity contribution is 14.0. The van der Waals surface area contributed by atoms with Crippen molar-refractivity contribution in [2.45, 2.75) is 42.8 Å². The number of nitrogens with zero attached hydrogens (tertiary/aromatic N) is 2. The normalized spacial score (nSPS) is 24.0. The molecule has 1 aliphatic carbocycles. The summed E-state index contributed by atoms with van der Waals surface area (Å²) >= 11 is 0. The van der Waals surface area contributed by atoms with Crippen LogP contribution in [0.1, 0.15) is 30.7 Å². The van der Waals surface area contributed by atoms with Gasteiger partial charge in [-0.2, -0.15) is 17.5 Å². The fraction of sp³-hybridized carbons (Fsp3) is 0.588. The van der Waals surface area contributed by atoms with E-state index in [2.05, 4.69) is 15.6 Å². The zero-order chi connectivity index (χ0) is 20.5. The van der Waals surface area contributed by atoms with Crippen LogP contribution >= 0.6 is 24.0 Å². The number of piperidine rings is 1. The molecular formula is C17H23F4IN4O2S. The molecule has 1 saturated carbocycles. The summed E-state index contributed by atoms with van der Waals surface area (Å²) in [4.78, 5) is 4.11. The third-order valence-electron chi connectivity index (χ3n) is 5.07. The Morgan fingerprint density at radius 1 is 1.17 bits per heavy atom. The van der Waals surface area contributed by atoms with Crippen LogP contribution in [0.3, 0.4) is 0 Å². The van der Waals surface area contributed by atoms with E-state index >= 15 is 0 Å². The summed E-state index contributed by atoms with van der Waals surface area (Å²) < 4.78 is 75.1. The van der Waals surface area contributed by atoms with E-state index in [1.54, 1.807) is 25.2 Å². The summed E-state index contributed by atoms with van der Waals surface area (Å²) in [7, 11) is -3.72. The van der Waals surface area contributed by atoms with Crippen LogP contribution in [0.5, 0.6) is 0 Å². The quantitative estimate of drug-likeness (QED) is 0.262. The van der Waals surface area contributed by atoms with Crippen LogP contribution in [-0.4, -0.2) is 56.4 Å². The van der Waals surface area contributed by atoms with Crippen LogP contribution in [0.2, 0.25) is 0 Å². The Hall–Kier alpha value is -1.15. The molecule has 1 saturated heterocycles. The Kier molecular flexibility index (Phi) is 7.76. The summed E-state index contributed by atoms with van der Waals surface area (Å²) in [5, 5.41) is 6.31. The third-order valence-corrected chi connectivity index (χ3v) is 6.70. The SMILES string of the molecule is CN=C(NC1CCN(S(=O)(=O)C(F)(F)F)CC1)NC1CC1c1ccccc1F.I.